The van der Waals surface area contributed by atoms with Crippen LogP contribution in [-0.2, 0) is 4.74 Å². The summed E-state index contributed by atoms with van der Waals surface area (Å²) in [7, 11) is 0. The SMILES string of the molecule is Fc1ccc2c(N3CCOCC3)nc(-c3ccccc3F)nc2c1. The van der Waals surface area contributed by atoms with Crippen molar-refractivity contribution in [2.75, 3.05) is 31.2 Å². The maximum Gasteiger partial charge on any atom is 0.165 e. The van der Waals surface area contributed by atoms with Gasteiger partial charge >= 0.3 is 0 Å². The number of hydrogen-bond acceptors (Lipinski definition) is 4. The maximum atomic E-state index is 14.1. The molecule has 0 aliphatic carbocycles. The first-order valence-electron chi connectivity index (χ1n) is 7.77. The molecular formula is C18H15F2N3O. The van der Waals surface area contributed by atoms with Gasteiger partial charge in [-0.3, -0.25) is 0 Å². The number of hydrogen-bond donors (Lipinski definition) is 0. The second-order valence-electron chi connectivity index (χ2n) is 5.61. The fraction of sp³-hybridized carbons (Fsp3) is 0.222. The minimum absolute atomic E-state index is 0.257. The smallest absolute Gasteiger partial charge is 0.165 e. The molecule has 0 unspecified atom stereocenters. The minimum atomic E-state index is -0.402. The number of morpholine rings is 1. The lowest BCUT2D eigenvalue weighted by molar-refractivity contribution is 0.122. The molecule has 1 aromatic heterocycles. The van der Waals surface area contributed by atoms with Crippen molar-refractivity contribution < 1.29 is 13.5 Å². The van der Waals surface area contributed by atoms with Crippen molar-refractivity contribution in [2.45, 2.75) is 0 Å². The van der Waals surface area contributed by atoms with E-state index in [9.17, 15) is 8.78 Å². The van der Waals surface area contributed by atoms with Gasteiger partial charge in [0.2, 0.25) is 0 Å². The summed E-state index contributed by atoms with van der Waals surface area (Å²) in [5.41, 5.74) is 0.767. The highest BCUT2D eigenvalue weighted by molar-refractivity contribution is 5.91. The molecule has 0 N–H and O–H groups in total. The molecule has 4 rings (SSSR count). The molecular weight excluding hydrogens is 312 g/mol. The third kappa shape index (κ3) is 2.69. The van der Waals surface area contributed by atoms with Crippen molar-refractivity contribution in [3.63, 3.8) is 0 Å². The van der Waals surface area contributed by atoms with Crippen LogP contribution in [-0.4, -0.2) is 36.3 Å². The van der Waals surface area contributed by atoms with E-state index in [1.807, 2.05) is 0 Å². The van der Waals surface area contributed by atoms with Crippen LogP contribution in [0, 0.1) is 11.6 Å². The van der Waals surface area contributed by atoms with Crippen LogP contribution in [0.25, 0.3) is 22.3 Å². The van der Waals surface area contributed by atoms with E-state index >= 15 is 0 Å². The van der Waals surface area contributed by atoms with Crippen molar-refractivity contribution in [3.8, 4) is 11.4 Å². The van der Waals surface area contributed by atoms with Gasteiger partial charge in [0, 0.05) is 24.5 Å². The predicted octanol–water partition coefficient (Wildman–Crippen LogP) is 3.41. The monoisotopic (exact) mass is 327 g/mol. The van der Waals surface area contributed by atoms with E-state index in [0.29, 0.717) is 43.2 Å². The van der Waals surface area contributed by atoms with Gasteiger partial charge in [-0.25, -0.2) is 18.7 Å². The molecule has 0 bridgehead atoms. The molecule has 1 saturated heterocycles. The Morgan fingerprint density at radius 1 is 0.958 bits per heavy atom. The Balaban J connectivity index is 1.93. The van der Waals surface area contributed by atoms with Crippen LogP contribution in [0.15, 0.2) is 42.5 Å². The number of ether oxygens (including phenoxy) is 1. The number of aromatic nitrogens is 2. The zero-order valence-corrected chi connectivity index (χ0v) is 12.9. The Hall–Kier alpha value is -2.60. The average molecular weight is 327 g/mol. The van der Waals surface area contributed by atoms with E-state index in [2.05, 4.69) is 14.9 Å². The highest BCUT2D eigenvalue weighted by atomic mass is 19.1. The van der Waals surface area contributed by atoms with Crippen molar-refractivity contribution in [1.29, 1.82) is 0 Å². The van der Waals surface area contributed by atoms with Gasteiger partial charge in [-0.05, 0) is 24.3 Å². The topological polar surface area (TPSA) is 38.2 Å². The van der Waals surface area contributed by atoms with Gasteiger partial charge in [0.15, 0.2) is 5.82 Å². The van der Waals surface area contributed by atoms with E-state index in [0.717, 1.165) is 5.39 Å². The molecule has 2 aromatic carbocycles. The first-order valence-corrected chi connectivity index (χ1v) is 7.77. The lowest BCUT2D eigenvalue weighted by Gasteiger charge is -2.29. The Morgan fingerprint density at radius 2 is 1.75 bits per heavy atom. The van der Waals surface area contributed by atoms with Gasteiger partial charge in [0.05, 0.1) is 24.3 Å². The summed E-state index contributed by atoms with van der Waals surface area (Å²) < 4.78 is 33.2. The highest BCUT2D eigenvalue weighted by Gasteiger charge is 2.19. The zero-order chi connectivity index (χ0) is 16.5. The fourth-order valence-electron chi connectivity index (χ4n) is 2.87. The van der Waals surface area contributed by atoms with E-state index in [1.54, 1.807) is 24.3 Å². The molecule has 0 saturated carbocycles. The molecule has 3 aromatic rings. The lowest BCUT2D eigenvalue weighted by atomic mass is 10.1. The second kappa shape index (κ2) is 6.13. The van der Waals surface area contributed by atoms with Crippen molar-refractivity contribution in [2.24, 2.45) is 0 Å². The second-order valence-corrected chi connectivity index (χ2v) is 5.61. The van der Waals surface area contributed by atoms with Gasteiger partial charge in [-0.1, -0.05) is 12.1 Å². The lowest BCUT2D eigenvalue weighted by Crippen LogP contribution is -2.37. The maximum absolute atomic E-state index is 14.1. The first kappa shape index (κ1) is 15.0. The summed E-state index contributed by atoms with van der Waals surface area (Å²) in [6, 6.07) is 10.7. The predicted molar refractivity (Wildman–Crippen MR) is 87.9 cm³/mol. The third-order valence-electron chi connectivity index (χ3n) is 4.06. The largest absolute Gasteiger partial charge is 0.378 e. The van der Waals surface area contributed by atoms with Crippen molar-refractivity contribution in [3.05, 3.63) is 54.1 Å². The Bertz CT molecular complexity index is 895. The van der Waals surface area contributed by atoms with Gasteiger partial charge in [-0.15, -0.1) is 0 Å². The van der Waals surface area contributed by atoms with E-state index < -0.39 is 5.82 Å². The van der Waals surface area contributed by atoms with Crippen LogP contribution in [0.5, 0.6) is 0 Å². The Morgan fingerprint density at radius 3 is 2.54 bits per heavy atom. The summed E-state index contributed by atoms with van der Waals surface area (Å²) >= 11 is 0. The molecule has 0 radical (unpaired) electrons. The molecule has 0 atom stereocenters. The average Bonchev–Trinajstić information content (AvgIpc) is 2.61. The quantitative estimate of drug-likeness (QED) is 0.723. The van der Waals surface area contributed by atoms with Gasteiger partial charge in [0.25, 0.3) is 0 Å². The normalized spacial score (nSPS) is 15.0. The first-order chi connectivity index (χ1) is 11.7. The Kier molecular flexibility index (Phi) is 3.82. The molecule has 1 aliphatic heterocycles. The highest BCUT2D eigenvalue weighted by Crippen LogP contribution is 2.29. The van der Waals surface area contributed by atoms with Crippen LogP contribution in [0.1, 0.15) is 0 Å². The molecule has 2 heterocycles. The number of nitrogens with zero attached hydrogens (tertiary/aromatic N) is 3. The zero-order valence-electron chi connectivity index (χ0n) is 12.9. The molecule has 24 heavy (non-hydrogen) atoms. The molecule has 1 fully saturated rings. The van der Waals surface area contributed by atoms with Crippen LogP contribution in [0.3, 0.4) is 0 Å². The summed E-state index contributed by atoms with van der Waals surface area (Å²) in [6.07, 6.45) is 0. The standard InChI is InChI=1S/C18H15F2N3O/c19-12-5-6-14-16(11-12)21-17(13-3-1-2-4-15(13)20)22-18(14)23-7-9-24-10-8-23/h1-6,11H,7-10H2. The van der Waals surface area contributed by atoms with Crippen molar-refractivity contribution in [1.82, 2.24) is 9.97 Å². The van der Waals surface area contributed by atoms with Gasteiger partial charge in [-0.2, -0.15) is 0 Å². The molecule has 0 amide bonds. The number of halogens is 2. The number of benzene rings is 2. The molecule has 1 aliphatic rings. The number of fused-ring (bicyclic) bond motifs is 1. The van der Waals surface area contributed by atoms with Crippen LogP contribution < -0.4 is 4.90 Å². The molecule has 4 nitrogen and oxygen atoms in total. The van der Waals surface area contributed by atoms with Crippen LogP contribution in [0.2, 0.25) is 0 Å². The van der Waals surface area contributed by atoms with Crippen LogP contribution >= 0.6 is 0 Å². The van der Waals surface area contributed by atoms with E-state index in [4.69, 9.17) is 4.74 Å². The summed E-state index contributed by atoms with van der Waals surface area (Å²) in [5, 5.41) is 0.749. The summed E-state index contributed by atoms with van der Waals surface area (Å²) in [6.45, 7) is 2.56. The molecule has 6 heteroatoms. The third-order valence-corrected chi connectivity index (χ3v) is 4.06. The van der Waals surface area contributed by atoms with Gasteiger partial charge < -0.3 is 9.64 Å². The summed E-state index contributed by atoms with van der Waals surface area (Å²) in [5.74, 6) is 0.157. The van der Waals surface area contributed by atoms with E-state index in [1.165, 1.54) is 18.2 Å². The van der Waals surface area contributed by atoms with Gasteiger partial charge in [0.1, 0.15) is 17.5 Å². The fourth-order valence-corrected chi connectivity index (χ4v) is 2.87. The molecule has 122 valence electrons. The van der Waals surface area contributed by atoms with Crippen LogP contribution in [0.4, 0.5) is 14.6 Å². The van der Waals surface area contributed by atoms with Crippen molar-refractivity contribution >= 4 is 16.7 Å². The summed E-state index contributed by atoms with van der Waals surface area (Å²) in [4.78, 5) is 11.0. The molecule has 0 spiro atoms. The minimum Gasteiger partial charge on any atom is -0.378 e. The Labute approximate surface area is 137 Å². The van der Waals surface area contributed by atoms with E-state index in [-0.39, 0.29) is 11.6 Å². The number of rotatable bonds is 2. The number of anilines is 1.